The normalized spacial score (nSPS) is 13.5. The summed E-state index contributed by atoms with van der Waals surface area (Å²) in [4.78, 5) is 14.1. The molecular weight excluding hydrogens is 428 g/mol. The van der Waals surface area contributed by atoms with Gasteiger partial charge in [-0.25, -0.2) is 9.97 Å². The van der Waals surface area contributed by atoms with Gasteiger partial charge in [0, 0.05) is 23.2 Å². The molecule has 0 saturated heterocycles. The molecule has 2 aliphatic carbocycles. The Kier molecular flexibility index (Phi) is 3.11. The van der Waals surface area contributed by atoms with E-state index in [2.05, 4.69) is 69.0 Å². The van der Waals surface area contributed by atoms with E-state index in [1.165, 1.54) is 60.7 Å². The Bertz CT molecular complexity index is 2070. The first kappa shape index (κ1) is 17.8. The molecule has 0 N–H and O–H groups in total. The van der Waals surface area contributed by atoms with Crippen LogP contribution in [0.1, 0.15) is 22.3 Å². The van der Waals surface area contributed by atoms with Crippen LogP contribution in [0.25, 0.3) is 60.7 Å². The van der Waals surface area contributed by atoms with E-state index in [1.54, 1.807) is 0 Å². The summed E-state index contributed by atoms with van der Waals surface area (Å²) in [6, 6.07) is 24.6. The van der Waals surface area contributed by atoms with Gasteiger partial charge in [-0.2, -0.15) is 0 Å². The minimum Gasteiger partial charge on any atom is -0.274 e. The third-order valence-corrected chi connectivity index (χ3v) is 7.92. The number of imidazole rings is 1. The first-order valence-electron chi connectivity index (χ1n) is 12.0. The maximum atomic E-state index is 5.02. The van der Waals surface area contributed by atoms with Crippen LogP contribution in [0.3, 0.4) is 0 Å². The lowest BCUT2D eigenvalue weighted by Crippen LogP contribution is -1.94. The van der Waals surface area contributed by atoms with Crippen molar-refractivity contribution < 1.29 is 0 Å². The molecule has 4 nitrogen and oxygen atoms in total. The van der Waals surface area contributed by atoms with Crippen molar-refractivity contribution in [2.75, 3.05) is 0 Å². The molecule has 4 aromatic heterocycles. The lowest BCUT2D eigenvalue weighted by Gasteiger charge is -2.11. The average Bonchev–Trinajstić information content (AvgIpc) is 3.57. The summed E-state index contributed by atoms with van der Waals surface area (Å²) < 4.78 is 2.17. The third kappa shape index (κ3) is 2.20. The second-order valence-corrected chi connectivity index (χ2v) is 9.74. The monoisotopic (exact) mass is 446 g/mol. The topological polar surface area (TPSA) is 43.1 Å². The van der Waals surface area contributed by atoms with Crippen LogP contribution in [-0.2, 0) is 12.8 Å². The molecule has 9 rings (SSSR count). The lowest BCUT2D eigenvalue weighted by atomic mass is 9.96. The summed E-state index contributed by atoms with van der Waals surface area (Å²) in [6.07, 6.45) is 7.64. The summed E-state index contributed by atoms with van der Waals surface area (Å²) in [7, 11) is 0. The van der Waals surface area contributed by atoms with Crippen molar-refractivity contribution in [3.05, 3.63) is 108 Å². The second kappa shape index (κ2) is 6.10. The molecular formula is C31H18N4. The fraction of sp³-hybridized carbons (Fsp3) is 0.0645. The molecule has 162 valence electrons. The smallest absolute Gasteiger partial charge is 0.165 e. The summed E-state index contributed by atoms with van der Waals surface area (Å²) in [5.74, 6) is 0. The molecule has 7 aromatic rings. The van der Waals surface area contributed by atoms with Crippen molar-refractivity contribution in [1.29, 1.82) is 0 Å². The number of hydrogen-bond donors (Lipinski definition) is 0. The van der Waals surface area contributed by atoms with Gasteiger partial charge in [0.05, 0.1) is 11.7 Å². The van der Waals surface area contributed by atoms with E-state index < -0.39 is 0 Å². The van der Waals surface area contributed by atoms with Gasteiger partial charge in [0.1, 0.15) is 11.2 Å². The summed E-state index contributed by atoms with van der Waals surface area (Å²) in [5, 5.41) is 3.57. The van der Waals surface area contributed by atoms with Gasteiger partial charge in [0.15, 0.2) is 5.65 Å². The van der Waals surface area contributed by atoms with Crippen LogP contribution in [0.5, 0.6) is 0 Å². The highest BCUT2D eigenvalue weighted by Gasteiger charge is 2.26. The fourth-order valence-corrected chi connectivity index (χ4v) is 6.40. The van der Waals surface area contributed by atoms with Crippen molar-refractivity contribution >= 4 is 38.5 Å². The standard InChI is InChI=1S/C31H18N4/c1-2-5-21-17(4-1)10-18-11-19-12-20-13-27-26(15-25(20)24(19)14-23(18)21)22-7-9-32-16-29(22)35-30(27)34-28-6-3-8-33-31(28)35/h1-9,11,13-16H,10,12H2. The molecule has 35 heavy (non-hydrogen) atoms. The molecule has 0 fully saturated rings. The van der Waals surface area contributed by atoms with Crippen LogP contribution < -0.4 is 0 Å². The van der Waals surface area contributed by atoms with Gasteiger partial charge in [-0.15, -0.1) is 0 Å². The minimum absolute atomic E-state index is 0.876. The second-order valence-electron chi connectivity index (χ2n) is 9.74. The molecule has 4 heteroatoms. The molecule has 0 bridgehead atoms. The molecule has 0 saturated carbocycles. The zero-order valence-electron chi connectivity index (χ0n) is 18.8. The van der Waals surface area contributed by atoms with E-state index in [9.17, 15) is 0 Å². The highest BCUT2D eigenvalue weighted by atomic mass is 15.1. The predicted molar refractivity (Wildman–Crippen MR) is 140 cm³/mol. The highest BCUT2D eigenvalue weighted by Crippen LogP contribution is 2.46. The molecule has 0 amide bonds. The predicted octanol–water partition coefficient (Wildman–Crippen LogP) is 6.73. The number of fused-ring (bicyclic) bond motifs is 14. The van der Waals surface area contributed by atoms with Crippen LogP contribution in [0, 0.1) is 0 Å². The average molecular weight is 447 g/mol. The summed E-state index contributed by atoms with van der Waals surface area (Å²) >= 11 is 0. The number of hydrogen-bond acceptors (Lipinski definition) is 3. The first-order chi connectivity index (χ1) is 17.3. The zero-order chi connectivity index (χ0) is 22.7. The molecule has 0 aliphatic heterocycles. The Hall–Kier alpha value is -4.57. The van der Waals surface area contributed by atoms with Crippen LogP contribution in [-0.4, -0.2) is 19.4 Å². The Labute approximate surface area is 200 Å². The van der Waals surface area contributed by atoms with Crippen LogP contribution in [0.15, 0.2) is 85.3 Å². The van der Waals surface area contributed by atoms with Gasteiger partial charge in [-0.05, 0) is 99.1 Å². The molecule has 4 heterocycles. The molecule has 0 radical (unpaired) electrons. The zero-order valence-corrected chi connectivity index (χ0v) is 18.8. The number of aromatic nitrogens is 4. The Balaban J connectivity index is 1.39. The van der Waals surface area contributed by atoms with Crippen LogP contribution in [0.2, 0.25) is 0 Å². The number of pyridine rings is 3. The third-order valence-electron chi connectivity index (χ3n) is 7.92. The van der Waals surface area contributed by atoms with Gasteiger partial charge in [-0.1, -0.05) is 30.3 Å². The van der Waals surface area contributed by atoms with Crippen LogP contribution >= 0.6 is 0 Å². The number of benzene rings is 3. The molecule has 0 unspecified atom stereocenters. The minimum atomic E-state index is 0.876. The summed E-state index contributed by atoms with van der Waals surface area (Å²) in [5.41, 5.74) is 15.0. The van der Waals surface area contributed by atoms with Crippen molar-refractivity contribution in [2.45, 2.75) is 12.8 Å². The van der Waals surface area contributed by atoms with Crippen molar-refractivity contribution in [2.24, 2.45) is 0 Å². The molecule has 2 aliphatic rings. The van der Waals surface area contributed by atoms with E-state index >= 15 is 0 Å². The Morgan fingerprint density at radius 1 is 0.600 bits per heavy atom. The Morgan fingerprint density at radius 3 is 2.40 bits per heavy atom. The van der Waals surface area contributed by atoms with E-state index in [-0.39, 0.29) is 0 Å². The quantitative estimate of drug-likeness (QED) is 0.243. The lowest BCUT2D eigenvalue weighted by molar-refractivity contribution is 1.21. The SMILES string of the molecule is c1ccc2c(c1)Cc1cc3c(cc1-2)-c1cc2c4ccncc4n4c5ncccc5nc4c2cc1C3. The van der Waals surface area contributed by atoms with Crippen molar-refractivity contribution in [1.82, 2.24) is 19.4 Å². The summed E-state index contributed by atoms with van der Waals surface area (Å²) in [6.45, 7) is 0. The van der Waals surface area contributed by atoms with E-state index in [0.29, 0.717) is 0 Å². The highest BCUT2D eigenvalue weighted by molar-refractivity contribution is 6.15. The Morgan fingerprint density at radius 2 is 1.43 bits per heavy atom. The fourth-order valence-electron chi connectivity index (χ4n) is 6.40. The van der Waals surface area contributed by atoms with Gasteiger partial charge in [0.2, 0.25) is 0 Å². The molecule has 0 spiro atoms. The molecule has 0 atom stereocenters. The van der Waals surface area contributed by atoms with E-state index in [1.807, 2.05) is 30.7 Å². The van der Waals surface area contributed by atoms with Gasteiger partial charge in [0.25, 0.3) is 0 Å². The van der Waals surface area contributed by atoms with Gasteiger partial charge < -0.3 is 0 Å². The largest absolute Gasteiger partial charge is 0.274 e. The van der Waals surface area contributed by atoms with Crippen molar-refractivity contribution in [3.8, 4) is 22.3 Å². The maximum Gasteiger partial charge on any atom is 0.165 e. The maximum absolute atomic E-state index is 5.02. The van der Waals surface area contributed by atoms with Gasteiger partial charge >= 0.3 is 0 Å². The van der Waals surface area contributed by atoms with E-state index in [4.69, 9.17) is 4.98 Å². The molecule has 3 aromatic carbocycles. The number of rotatable bonds is 0. The first-order valence-corrected chi connectivity index (χ1v) is 12.0. The number of nitrogens with zero attached hydrogens (tertiary/aromatic N) is 4. The van der Waals surface area contributed by atoms with E-state index in [0.717, 1.165) is 35.2 Å². The van der Waals surface area contributed by atoms with Crippen LogP contribution in [0.4, 0.5) is 0 Å². The van der Waals surface area contributed by atoms with Gasteiger partial charge in [-0.3, -0.25) is 9.38 Å². The van der Waals surface area contributed by atoms with Crippen molar-refractivity contribution in [3.63, 3.8) is 0 Å².